The number of aryl methyl sites for hydroxylation is 2. The predicted octanol–water partition coefficient (Wildman–Crippen LogP) is 1.44. The molecule has 0 aliphatic carbocycles. The summed E-state index contributed by atoms with van der Waals surface area (Å²) in [5.41, 5.74) is 2.66. The van der Waals surface area contributed by atoms with Crippen LogP contribution in [0.15, 0.2) is 0 Å². The maximum atomic E-state index is 12.5. The van der Waals surface area contributed by atoms with Gasteiger partial charge in [0, 0.05) is 38.8 Å². The third-order valence-electron chi connectivity index (χ3n) is 4.71. The van der Waals surface area contributed by atoms with Crippen LogP contribution in [0.3, 0.4) is 0 Å². The first-order chi connectivity index (χ1) is 11.0. The van der Waals surface area contributed by atoms with Crippen LogP contribution in [-0.2, 0) is 6.54 Å². The van der Waals surface area contributed by atoms with Crippen LogP contribution in [0.25, 0.3) is 0 Å². The fraction of sp³-hybridized carbons (Fsp3) is 0.750. The molecular formula is C16H29N5O2. The van der Waals surface area contributed by atoms with Gasteiger partial charge in [0.15, 0.2) is 0 Å². The molecule has 0 saturated carbocycles. The van der Waals surface area contributed by atoms with Gasteiger partial charge in [-0.05, 0) is 27.2 Å². The largest absolute Gasteiger partial charge is 0.395 e. The van der Waals surface area contributed by atoms with Gasteiger partial charge in [-0.1, -0.05) is 6.92 Å². The Hall–Kier alpha value is -1.60. The standard InChI is InChI=1S/C16H29N5O2/c1-5-14(11-22)19-7-9-20(10-8-19)16(23)17-15-12(3)18-21(6-2)13(15)4/h14,22H,5-11H2,1-4H3,(H,17,23). The van der Waals surface area contributed by atoms with Crippen molar-refractivity contribution in [2.75, 3.05) is 38.1 Å². The van der Waals surface area contributed by atoms with Gasteiger partial charge >= 0.3 is 6.03 Å². The summed E-state index contributed by atoms with van der Waals surface area (Å²) in [6.07, 6.45) is 0.928. The Labute approximate surface area is 138 Å². The Morgan fingerprint density at radius 1 is 1.26 bits per heavy atom. The number of carbonyl (C=O) groups is 1. The average Bonchev–Trinajstić information content (AvgIpc) is 2.84. The molecule has 0 bridgehead atoms. The number of aliphatic hydroxyl groups is 1. The molecule has 2 N–H and O–H groups in total. The number of hydrogen-bond acceptors (Lipinski definition) is 4. The molecule has 0 radical (unpaired) electrons. The number of carbonyl (C=O) groups excluding carboxylic acids is 1. The van der Waals surface area contributed by atoms with E-state index < -0.39 is 0 Å². The van der Waals surface area contributed by atoms with E-state index in [0.717, 1.165) is 43.1 Å². The van der Waals surface area contributed by atoms with E-state index in [1.807, 2.05) is 30.4 Å². The summed E-state index contributed by atoms with van der Waals surface area (Å²) in [5.74, 6) is 0. The van der Waals surface area contributed by atoms with Gasteiger partial charge in [-0.15, -0.1) is 0 Å². The molecule has 1 saturated heterocycles. The molecule has 0 spiro atoms. The van der Waals surface area contributed by atoms with Gasteiger partial charge < -0.3 is 15.3 Å². The first-order valence-corrected chi connectivity index (χ1v) is 8.46. The van der Waals surface area contributed by atoms with Crippen LogP contribution in [-0.4, -0.2) is 69.5 Å². The molecule has 23 heavy (non-hydrogen) atoms. The Morgan fingerprint density at radius 3 is 2.39 bits per heavy atom. The molecule has 1 aromatic rings. The van der Waals surface area contributed by atoms with Crippen molar-refractivity contribution >= 4 is 11.7 Å². The van der Waals surface area contributed by atoms with E-state index in [2.05, 4.69) is 22.2 Å². The van der Waals surface area contributed by atoms with E-state index in [0.29, 0.717) is 13.1 Å². The van der Waals surface area contributed by atoms with Crippen molar-refractivity contribution in [2.24, 2.45) is 0 Å². The van der Waals surface area contributed by atoms with Gasteiger partial charge in [0.2, 0.25) is 0 Å². The first-order valence-electron chi connectivity index (χ1n) is 8.46. The number of amides is 2. The van der Waals surface area contributed by atoms with Gasteiger partial charge in [-0.25, -0.2) is 4.79 Å². The van der Waals surface area contributed by atoms with Crippen molar-refractivity contribution < 1.29 is 9.90 Å². The van der Waals surface area contributed by atoms with Crippen molar-refractivity contribution in [1.82, 2.24) is 19.6 Å². The number of hydrogen-bond donors (Lipinski definition) is 2. The zero-order valence-corrected chi connectivity index (χ0v) is 14.7. The van der Waals surface area contributed by atoms with E-state index in [9.17, 15) is 9.90 Å². The molecule has 2 heterocycles. The van der Waals surface area contributed by atoms with Crippen molar-refractivity contribution in [1.29, 1.82) is 0 Å². The highest BCUT2D eigenvalue weighted by Crippen LogP contribution is 2.20. The molecule has 1 unspecified atom stereocenters. The maximum Gasteiger partial charge on any atom is 0.322 e. The average molecular weight is 323 g/mol. The van der Waals surface area contributed by atoms with Crippen molar-refractivity contribution in [2.45, 2.75) is 46.7 Å². The first kappa shape index (κ1) is 17.7. The molecule has 7 nitrogen and oxygen atoms in total. The number of piperazine rings is 1. The van der Waals surface area contributed by atoms with E-state index in [1.54, 1.807) is 0 Å². The fourth-order valence-electron chi connectivity index (χ4n) is 3.16. The minimum absolute atomic E-state index is 0.0662. The van der Waals surface area contributed by atoms with Crippen LogP contribution < -0.4 is 5.32 Å². The highest BCUT2D eigenvalue weighted by molar-refractivity contribution is 5.90. The lowest BCUT2D eigenvalue weighted by molar-refractivity contribution is 0.0766. The molecule has 2 rings (SSSR count). The summed E-state index contributed by atoms with van der Waals surface area (Å²) in [6.45, 7) is 12.0. The smallest absolute Gasteiger partial charge is 0.322 e. The number of aliphatic hydroxyl groups excluding tert-OH is 1. The van der Waals surface area contributed by atoms with Gasteiger partial charge in [-0.2, -0.15) is 5.10 Å². The van der Waals surface area contributed by atoms with E-state index in [1.165, 1.54) is 0 Å². The summed E-state index contributed by atoms with van der Waals surface area (Å²) >= 11 is 0. The number of anilines is 1. The maximum absolute atomic E-state index is 12.5. The topological polar surface area (TPSA) is 73.6 Å². The molecule has 7 heteroatoms. The third kappa shape index (κ3) is 3.84. The zero-order chi connectivity index (χ0) is 17.0. The minimum atomic E-state index is -0.0662. The number of nitrogens with zero attached hydrogens (tertiary/aromatic N) is 4. The predicted molar refractivity (Wildman–Crippen MR) is 90.7 cm³/mol. The van der Waals surface area contributed by atoms with E-state index >= 15 is 0 Å². The normalized spacial score (nSPS) is 17.3. The minimum Gasteiger partial charge on any atom is -0.395 e. The second kappa shape index (κ2) is 7.79. The van der Waals surface area contributed by atoms with Gasteiger partial charge in [0.05, 0.1) is 23.7 Å². The van der Waals surface area contributed by atoms with Crippen LogP contribution in [0.2, 0.25) is 0 Å². The van der Waals surface area contributed by atoms with Gasteiger partial charge in [0.1, 0.15) is 0 Å². The molecule has 1 aromatic heterocycles. The Kier molecular flexibility index (Phi) is 6.01. The highest BCUT2D eigenvalue weighted by atomic mass is 16.3. The lowest BCUT2D eigenvalue weighted by Crippen LogP contribution is -2.53. The summed E-state index contributed by atoms with van der Waals surface area (Å²) < 4.78 is 1.90. The van der Waals surface area contributed by atoms with Gasteiger partial charge in [0.25, 0.3) is 0 Å². The zero-order valence-electron chi connectivity index (χ0n) is 14.7. The molecule has 1 fully saturated rings. The van der Waals surface area contributed by atoms with Crippen molar-refractivity contribution in [3.05, 3.63) is 11.4 Å². The fourth-order valence-corrected chi connectivity index (χ4v) is 3.16. The lowest BCUT2D eigenvalue weighted by Gasteiger charge is -2.38. The number of urea groups is 1. The third-order valence-corrected chi connectivity index (χ3v) is 4.71. The monoisotopic (exact) mass is 323 g/mol. The number of nitrogens with one attached hydrogen (secondary N) is 1. The second-order valence-corrected chi connectivity index (χ2v) is 6.06. The van der Waals surface area contributed by atoms with Crippen LogP contribution in [0, 0.1) is 13.8 Å². The Balaban J connectivity index is 1.94. The molecule has 0 aromatic carbocycles. The summed E-state index contributed by atoms with van der Waals surface area (Å²) in [6, 6.07) is 0.135. The van der Waals surface area contributed by atoms with Crippen LogP contribution in [0.4, 0.5) is 10.5 Å². The van der Waals surface area contributed by atoms with Gasteiger partial charge in [-0.3, -0.25) is 9.58 Å². The second-order valence-electron chi connectivity index (χ2n) is 6.06. The lowest BCUT2D eigenvalue weighted by atomic mass is 10.2. The highest BCUT2D eigenvalue weighted by Gasteiger charge is 2.25. The van der Waals surface area contributed by atoms with Crippen LogP contribution in [0.5, 0.6) is 0 Å². The quantitative estimate of drug-likeness (QED) is 0.860. The summed E-state index contributed by atoms with van der Waals surface area (Å²) in [4.78, 5) is 16.6. The summed E-state index contributed by atoms with van der Waals surface area (Å²) in [5, 5.41) is 16.8. The molecule has 1 aliphatic rings. The van der Waals surface area contributed by atoms with Crippen molar-refractivity contribution in [3.63, 3.8) is 0 Å². The summed E-state index contributed by atoms with van der Waals surface area (Å²) in [7, 11) is 0. The number of rotatable bonds is 5. The molecular weight excluding hydrogens is 294 g/mol. The number of aromatic nitrogens is 2. The Morgan fingerprint density at radius 2 is 1.91 bits per heavy atom. The van der Waals surface area contributed by atoms with E-state index in [4.69, 9.17) is 0 Å². The van der Waals surface area contributed by atoms with Crippen LogP contribution in [0.1, 0.15) is 31.7 Å². The van der Waals surface area contributed by atoms with Crippen molar-refractivity contribution in [3.8, 4) is 0 Å². The molecule has 130 valence electrons. The Bertz CT molecular complexity index is 531. The van der Waals surface area contributed by atoms with E-state index in [-0.39, 0.29) is 18.7 Å². The molecule has 1 atom stereocenters. The molecule has 2 amide bonds. The molecule has 1 aliphatic heterocycles. The SMILES string of the molecule is CCC(CO)N1CCN(C(=O)Nc2c(C)nn(CC)c2C)CC1. The van der Waals surface area contributed by atoms with Crippen LogP contribution >= 0.6 is 0 Å².